The van der Waals surface area contributed by atoms with Gasteiger partial charge in [-0.1, -0.05) is 13.0 Å². The summed E-state index contributed by atoms with van der Waals surface area (Å²) >= 11 is 0. The molecule has 0 unspecified atom stereocenters. The van der Waals surface area contributed by atoms with Gasteiger partial charge in [0.2, 0.25) is 0 Å². The molecular formula is C18H18N4O3S. The van der Waals surface area contributed by atoms with Crippen molar-refractivity contribution in [2.24, 2.45) is 5.73 Å². The van der Waals surface area contributed by atoms with E-state index in [0.29, 0.717) is 34.3 Å². The number of rotatable bonds is 6. The Balaban J connectivity index is 2.29. The lowest BCUT2D eigenvalue weighted by atomic mass is 10.0. The first kappa shape index (κ1) is 17.8. The van der Waals surface area contributed by atoms with Gasteiger partial charge in [0.15, 0.2) is 0 Å². The number of pyridine rings is 2. The van der Waals surface area contributed by atoms with Gasteiger partial charge in [-0.3, -0.25) is 14.8 Å². The van der Waals surface area contributed by atoms with Gasteiger partial charge in [-0.2, -0.15) is 0 Å². The Morgan fingerprint density at radius 2 is 2.08 bits per heavy atom. The highest BCUT2D eigenvalue weighted by molar-refractivity contribution is 7.71. The van der Waals surface area contributed by atoms with Crippen molar-refractivity contribution in [3.8, 4) is 0 Å². The molecule has 0 atom stereocenters. The molecule has 1 aromatic carbocycles. The van der Waals surface area contributed by atoms with Crippen molar-refractivity contribution in [2.45, 2.75) is 19.1 Å². The normalized spacial score (nSPS) is 11.0. The maximum absolute atomic E-state index is 11.9. The number of hydrogen-bond donors (Lipinski definition) is 3. The number of carbonyl (C=O) groups excluding carboxylic acids is 1. The number of primary amides is 1. The first-order valence-electron chi connectivity index (χ1n) is 8.02. The van der Waals surface area contributed by atoms with Gasteiger partial charge in [0, 0.05) is 17.8 Å². The molecule has 0 fully saturated rings. The summed E-state index contributed by atoms with van der Waals surface area (Å²) in [5.41, 5.74) is 9.17. The smallest absolute Gasteiger partial charge is 0.252 e. The number of anilines is 2. The molecule has 0 aliphatic carbocycles. The van der Waals surface area contributed by atoms with Crippen LogP contribution in [0.2, 0.25) is 0 Å². The zero-order valence-electron chi connectivity index (χ0n) is 14.1. The van der Waals surface area contributed by atoms with E-state index in [1.54, 1.807) is 24.5 Å². The Bertz CT molecular complexity index is 1040. The summed E-state index contributed by atoms with van der Waals surface area (Å²) in [4.78, 5) is 20.3. The summed E-state index contributed by atoms with van der Waals surface area (Å²) in [5.74, 6) is -0.699. The average Bonchev–Trinajstić information content (AvgIpc) is 2.61. The fraction of sp³-hybridized carbons (Fsp3) is 0.167. The zero-order chi connectivity index (χ0) is 18.7. The van der Waals surface area contributed by atoms with Crippen molar-refractivity contribution >= 4 is 38.9 Å². The monoisotopic (exact) mass is 370 g/mol. The minimum Gasteiger partial charge on any atom is -0.365 e. The Labute approximate surface area is 152 Å². The molecule has 26 heavy (non-hydrogen) atoms. The number of amides is 1. The number of nitrogens with zero attached hydrogens (tertiary/aromatic N) is 2. The van der Waals surface area contributed by atoms with Crippen molar-refractivity contribution in [2.75, 3.05) is 5.32 Å². The second-order valence-electron chi connectivity index (χ2n) is 5.77. The molecule has 3 aromatic rings. The second-order valence-corrected chi connectivity index (χ2v) is 6.76. The van der Waals surface area contributed by atoms with E-state index >= 15 is 0 Å². The van der Waals surface area contributed by atoms with Crippen molar-refractivity contribution < 1.29 is 13.2 Å². The van der Waals surface area contributed by atoms with Gasteiger partial charge in [-0.15, -0.1) is 0 Å². The first-order valence-corrected chi connectivity index (χ1v) is 9.39. The van der Waals surface area contributed by atoms with Crippen molar-refractivity contribution in [1.82, 2.24) is 9.97 Å². The van der Waals surface area contributed by atoms with Crippen molar-refractivity contribution in [3.05, 3.63) is 59.5 Å². The highest BCUT2D eigenvalue weighted by Gasteiger charge is 2.16. The van der Waals surface area contributed by atoms with Crippen LogP contribution in [0.3, 0.4) is 0 Å². The number of carbonyl (C=O) groups is 1. The van der Waals surface area contributed by atoms with Gasteiger partial charge in [0.1, 0.15) is 10.7 Å². The van der Waals surface area contributed by atoms with E-state index in [4.69, 9.17) is 5.73 Å². The van der Waals surface area contributed by atoms with Crippen LogP contribution in [-0.4, -0.2) is 24.3 Å². The fourth-order valence-electron chi connectivity index (χ4n) is 2.85. The molecule has 8 heteroatoms. The fourth-order valence-corrected chi connectivity index (χ4v) is 3.34. The average molecular weight is 370 g/mol. The molecule has 2 aromatic heterocycles. The predicted molar refractivity (Wildman–Crippen MR) is 101 cm³/mol. The summed E-state index contributed by atoms with van der Waals surface area (Å²) in [6.07, 6.45) is 5.38. The minimum atomic E-state index is -2.57. The van der Waals surface area contributed by atoms with Crippen LogP contribution in [0, 0.1) is 0 Å². The molecule has 3 rings (SSSR count). The van der Waals surface area contributed by atoms with Gasteiger partial charge in [-0.05, 0) is 35.7 Å². The van der Waals surface area contributed by atoms with Crippen molar-refractivity contribution in [1.29, 1.82) is 0 Å². The first-order chi connectivity index (χ1) is 12.5. The van der Waals surface area contributed by atoms with Gasteiger partial charge in [0.05, 0.1) is 34.4 Å². The van der Waals surface area contributed by atoms with Crippen LogP contribution >= 0.6 is 0 Å². The molecule has 0 aliphatic rings. The Kier molecular flexibility index (Phi) is 5.13. The number of benzene rings is 1. The summed E-state index contributed by atoms with van der Waals surface area (Å²) in [5, 5.41) is 3.82. The quantitative estimate of drug-likeness (QED) is 0.573. The van der Waals surface area contributed by atoms with E-state index in [2.05, 4.69) is 15.3 Å². The van der Waals surface area contributed by atoms with E-state index in [9.17, 15) is 13.2 Å². The number of aromatic nitrogens is 2. The lowest BCUT2D eigenvalue weighted by molar-refractivity contribution is 0.100. The van der Waals surface area contributed by atoms with Gasteiger partial charge in [-0.25, -0.2) is 8.42 Å². The topological polar surface area (TPSA) is 115 Å². The molecular weight excluding hydrogens is 352 g/mol. The lowest BCUT2D eigenvalue weighted by Crippen LogP contribution is -2.14. The SMILES string of the molecule is CCc1cc(C[SH](=O)=O)cc2c(Nc3cccnc3)c(C(N)=O)cnc12. The number of hydrogen-bond acceptors (Lipinski definition) is 6. The number of aryl methyl sites for hydroxylation is 1. The Morgan fingerprint density at radius 1 is 1.27 bits per heavy atom. The van der Waals surface area contributed by atoms with E-state index in [0.717, 1.165) is 5.56 Å². The molecule has 134 valence electrons. The highest BCUT2D eigenvalue weighted by Crippen LogP contribution is 2.32. The molecule has 3 N–H and O–H groups in total. The molecule has 0 saturated carbocycles. The van der Waals surface area contributed by atoms with E-state index in [1.807, 2.05) is 19.1 Å². The maximum atomic E-state index is 11.9. The van der Waals surface area contributed by atoms with Crippen LogP contribution < -0.4 is 11.1 Å². The Hall–Kier alpha value is -3.00. The van der Waals surface area contributed by atoms with Crippen LogP contribution in [0.5, 0.6) is 0 Å². The van der Waals surface area contributed by atoms with Gasteiger partial charge in [0.25, 0.3) is 5.91 Å². The molecule has 2 heterocycles. The molecule has 0 spiro atoms. The van der Waals surface area contributed by atoms with Crippen LogP contribution in [0.1, 0.15) is 28.4 Å². The number of fused-ring (bicyclic) bond motifs is 1. The largest absolute Gasteiger partial charge is 0.365 e. The highest BCUT2D eigenvalue weighted by atomic mass is 32.2. The van der Waals surface area contributed by atoms with Crippen LogP contribution in [0.15, 0.2) is 42.9 Å². The molecule has 0 saturated heterocycles. The Morgan fingerprint density at radius 3 is 2.69 bits per heavy atom. The summed E-state index contributed by atoms with van der Waals surface area (Å²) in [6, 6.07) is 7.14. The third-order valence-electron chi connectivity index (χ3n) is 4.00. The summed E-state index contributed by atoms with van der Waals surface area (Å²) in [7, 11) is -2.57. The molecule has 0 aliphatic heterocycles. The molecule has 0 bridgehead atoms. The van der Waals surface area contributed by atoms with Crippen LogP contribution in [0.25, 0.3) is 10.9 Å². The van der Waals surface area contributed by atoms with Gasteiger partial charge < -0.3 is 11.1 Å². The van der Waals surface area contributed by atoms with Crippen LogP contribution in [0.4, 0.5) is 11.4 Å². The number of thiol groups is 1. The lowest BCUT2D eigenvalue weighted by Gasteiger charge is -2.15. The maximum Gasteiger partial charge on any atom is 0.252 e. The zero-order valence-corrected chi connectivity index (χ0v) is 15.0. The third-order valence-corrected chi connectivity index (χ3v) is 4.62. The minimum absolute atomic E-state index is 0.0780. The van der Waals surface area contributed by atoms with E-state index in [1.165, 1.54) is 6.20 Å². The second kappa shape index (κ2) is 7.49. The van der Waals surface area contributed by atoms with Crippen LogP contribution in [-0.2, 0) is 22.9 Å². The van der Waals surface area contributed by atoms with E-state index in [-0.39, 0.29) is 11.3 Å². The predicted octanol–water partition coefficient (Wildman–Crippen LogP) is 2.15. The third kappa shape index (κ3) is 3.65. The molecule has 0 radical (unpaired) electrons. The molecule has 7 nitrogen and oxygen atoms in total. The van der Waals surface area contributed by atoms with Gasteiger partial charge >= 0.3 is 0 Å². The standard InChI is InChI=1S/C18H18N4O3S/c1-2-12-6-11(10-26(24)25)7-14-16(12)21-9-15(18(19)23)17(14)22-13-4-3-5-20-8-13/h3-9,26H,2,10H2,1H3,(H2,19,23)(H,21,22). The number of nitrogens with two attached hydrogens (primary N) is 1. The summed E-state index contributed by atoms with van der Waals surface area (Å²) < 4.78 is 22.4. The summed E-state index contributed by atoms with van der Waals surface area (Å²) in [6.45, 7) is 1.97. The van der Waals surface area contributed by atoms with Crippen molar-refractivity contribution in [3.63, 3.8) is 0 Å². The number of nitrogens with one attached hydrogen (secondary N) is 1. The molecule has 1 amide bonds. The van der Waals surface area contributed by atoms with E-state index < -0.39 is 16.6 Å².